The molecule has 1 aliphatic rings. The standard InChI is InChI=1S/C12H21ClN4O/c1-3-10-12(13)11(16(2)15-10)7-17-4-5-18-8-9(17)6-14/h9H,3-8,14H2,1-2H3. The van der Waals surface area contributed by atoms with Crippen molar-refractivity contribution in [1.29, 1.82) is 0 Å². The van der Waals surface area contributed by atoms with E-state index in [9.17, 15) is 0 Å². The van der Waals surface area contributed by atoms with Crippen molar-refractivity contribution in [3.63, 3.8) is 0 Å². The SMILES string of the molecule is CCc1nn(C)c(CN2CCOCC2CN)c1Cl. The zero-order valence-electron chi connectivity index (χ0n) is 11.0. The smallest absolute Gasteiger partial charge is 0.0863 e. The second kappa shape index (κ2) is 6.02. The summed E-state index contributed by atoms with van der Waals surface area (Å²) >= 11 is 6.37. The molecule has 0 bridgehead atoms. The minimum Gasteiger partial charge on any atom is -0.378 e. The first-order chi connectivity index (χ1) is 8.67. The molecule has 1 atom stereocenters. The van der Waals surface area contributed by atoms with Crippen molar-refractivity contribution in [2.24, 2.45) is 12.8 Å². The Balaban J connectivity index is 2.15. The third-order valence-corrected chi connectivity index (χ3v) is 3.91. The Morgan fingerprint density at radius 1 is 1.56 bits per heavy atom. The van der Waals surface area contributed by atoms with E-state index in [1.807, 2.05) is 11.7 Å². The molecule has 0 radical (unpaired) electrons. The van der Waals surface area contributed by atoms with E-state index in [-0.39, 0.29) is 6.04 Å². The fraction of sp³-hybridized carbons (Fsp3) is 0.750. The fourth-order valence-electron chi connectivity index (χ4n) is 2.30. The molecule has 1 aromatic heterocycles. The van der Waals surface area contributed by atoms with Gasteiger partial charge in [0.2, 0.25) is 0 Å². The van der Waals surface area contributed by atoms with E-state index < -0.39 is 0 Å². The average molecular weight is 273 g/mol. The van der Waals surface area contributed by atoms with E-state index in [0.717, 1.165) is 42.5 Å². The number of nitrogens with zero attached hydrogens (tertiary/aromatic N) is 3. The molecule has 5 nitrogen and oxygen atoms in total. The molecule has 0 saturated carbocycles. The molecular weight excluding hydrogens is 252 g/mol. The highest BCUT2D eigenvalue weighted by molar-refractivity contribution is 6.31. The van der Waals surface area contributed by atoms with Crippen molar-refractivity contribution in [3.8, 4) is 0 Å². The van der Waals surface area contributed by atoms with Crippen LogP contribution in [-0.4, -0.2) is 47.0 Å². The lowest BCUT2D eigenvalue weighted by Crippen LogP contribution is -2.48. The molecule has 18 heavy (non-hydrogen) atoms. The number of nitrogens with two attached hydrogens (primary N) is 1. The predicted octanol–water partition coefficient (Wildman–Crippen LogP) is 0.795. The molecule has 2 N–H and O–H groups in total. The molecule has 1 saturated heterocycles. The first-order valence-electron chi connectivity index (χ1n) is 6.39. The molecule has 1 fully saturated rings. The Morgan fingerprint density at radius 2 is 2.33 bits per heavy atom. The van der Waals surface area contributed by atoms with Crippen LogP contribution in [0.15, 0.2) is 0 Å². The summed E-state index contributed by atoms with van der Waals surface area (Å²) in [5, 5.41) is 5.23. The van der Waals surface area contributed by atoms with Gasteiger partial charge in [-0.25, -0.2) is 0 Å². The second-order valence-electron chi connectivity index (χ2n) is 4.62. The Hall–Kier alpha value is -0.620. The monoisotopic (exact) mass is 272 g/mol. The molecule has 1 aromatic rings. The Morgan fingerprint density at radius 3 is 2.94 bits per heavy atom. The Labute approximate surface area is 113 Å². The van der Waals surface area contributed by atoms with Crippen molar-refractivity contribution in [2.45, 2.75) is 25.9 Å². The van der Waals surface area contributed by atoms with Crippen LogP contribution in [-0.2, 0) is 24.8 Å². The maximum absolute atomic E-state index is 6.37. The van der Waals surface area contributed by atoms with Crippen LogP contribution in [0.25, 0.3) is 0 Å². The highest BCUT2D eigenvalue weighted by Crippen LogP contribution is 2.23. The lowest BCUT2D eigenvalue weighted by Gasteiger charge is -2.34. The number of aromatic nitrogens is 2. The maximum atomic E-state index is 6.37. The summed E-state index contributed by atoms with van der Waals surface area (Å²) < 4.78 is 7.33. The summed E-state index contributed by atoms with van der Waals surface area (Å²) in [7, 11) is 1.94. The number of hydrogen-bond donors (Lipinski definition) is 1. The summed E-state index contributed by atoms with van der Waals surface area (Å²) in [5.41, 5.74) is 7.81. The molecule has 1 unspecified atom stereocenters. The van der Waals surface area contributed by atoms with E-state index in [1.165, 1.54) is 0 Å². The van der Waals surface area contributed by atoms with Crippen LogP contribution < -0.4 is 5.73 Å². The third kappa shape index (κ3) is 2.69. The number of morpholine rings is 1. The number of ether oxygens (including phenoxy) is 1. The molecule has 102 valence electrons. The van der Waals surface area contributed by atoms with Gasteiger partial charge in [0.25, 0.3) is 0 Å². The number of hydrogen-bond acceptors (Lipinski definition) is 4. The quantitative estimate of drug-likeness (QED) is 0.881. The highest BCUT2D eigenvalue weighted by atomic mass is 35.5. The highest BCUT2D eigenvalue weighted by Gasteiger charge is 2.24. The van der Waals surface area contributed by atoms with Gasteiger partial charge in [-0.15, -0.1) is 0 Å². The number of aryl methyl sites for hydroxylation is 2. The average Bonchev–Trinajstić information content (AvgIpc) is 2.66. The Kier molecular flexibility index (Phi) is 4.61. The third-order valence-electron chi connectivity index (χ3n) is 3.48. The lowest BCUT2D eigenvalue weighted by atomic mass is 10.2. The topological polar surface area (TPSA) is 56.3 Å². The van der Waals surface area contributed by atoms with E-state index >= 15 is 0 Å². The van der Waals surface area contributed by atoms with Gasteiger partial charge in [-0.1, -0.05) is 18.5 Å². The van der Waals surface area contributed by atoms with Gasteiger partial charge < -0.3 is 10.5 Å². The van der Waals surface area contributed by atoms with Crippen LogP contribution in [0.3, 0.4) is 0 Å². The van der Waals surface area contributed by atoms with E-state index in [0.29, 0.717) is 13.2 Å². The summed E-state index contributed by atoms with van der Waals surface area (Å²) in [5.74, 6) is 0. The van der Waals surface area contributed by atoms with Crippen molar-refractivity contribution in [3.05, 3.63) is 16.4 Å². The summed E-state index contributed by atoms with van der Waals surface area (Å²) in [6.45, 7) is 5.81. The molecule has 0 amide bonds. The van der Waals surface area contributed by atoms with Gasteiger partial charge >= 0.3 is 0 Å². The first-order valence-corrected chi connectivity index (χ1v) is 6.77. The summed E-state index contributed by atoms with van der Waals surface area (Å²) in [6, 6.07) is 0.273. The van der Waals surface area contributed by atoms with Crippen LogP contribution in [0.1, 0.15) is 18.3 Å². The van der Waals surface area contributed by atoms with E-state index in [2.05, 4.69) is 16.9 Å². The molecule has 0 aliphatic carbocycles. The summed E-state index contributed by atoms with van der Waals surface area (Å²) in [4.78, 5) is 2.33. The van der Waals surface area contributed by atoms with Crippen LogP contribution in [0.2, 0.25) is 5.02 Å². The largest absolute Gasteiger partial charge is 0.378 e. The number of halogens is 1. The molecule has 2 rings (SSSR count). The van der Waals surface area contributed by atoms with Gasteiger partial charge in [0.1, 0.15) is 0 Å². The summed E-state index contributed by atoms with van der Waals surface area (Å²) in [6.07, 6.45) is 0.857. The minimum absolute atomic E-state index is 0.273. The van der Waals surface area contributed by atoms with Crippen molar-refractivity contribution in [2.75, 3.05) is 26.3 Å². The van der Waals surface area contributed by atoms with Gasteiger partial charge in [-0.3, -0.25) is 9.58 Å². The van der Waals surface area contributed by atoms with Crippen LogP contribution in [0.4, 0.5) is 0 Å². The zero-order chi connectivity index (χ0) is 13.1. The van der Waals surface area contributed by atoms with Gasteiger partial charge in [0.15, 0.2) is 0 Å². The van der Waals surface area contributed by atoms with Crippen LogP contribution >= 0.6 is 11.6 Å². The lowest BCUT2D eigenvalue weighted by molar-refractivity contribution is -0.00891. The molecule has 0 spiro atoms. The number of rotatable bonds is 4. The first kappa shape index (κ1) is 13.8. The van der Waals surface area contributed by atoms with Gasteiger partial charge in [0.05, 0.1) is 29.6 Å². The molecule has 2 heterocycles. The van der Waals surface area contributed by atoms with Crippen LogP contribution in [0, 0.1) is 0 Å². The molecular formula is C12H21ClN4O. The van der Waals surface area contributed by atoms with Gasteiger partial charge in [0, 0.05) is 32.7 Å². The van der Waals surface area contributed by atoms with Gasteiger partial charge in [-0.05, 0) is 6.42 Å². The van der Waals surface area contributed by atoms with Crippen molar-refractivity contribution in [1.82, 2.24) is 14.7 Å². The Bertz CT molecular complexity index is 407. The minimum atomic E-state index is 0.273. The molecule has 1 aliphatic heterocycles. The van der Waals surface area contributed by atoms with Crippen molar-refractivity contribution < 1.29 is 4.74 Å². The van der Waals surface area contributed by atoms with E-state index in [4.69, 9.17) is 22.1 Å². The van der Waals surface area contributed by atoms with Gasteiger partial charge in [-0.2, -0.15) is 5.10 Å². The predicted molar refractivity (Wildman–Crippen MR) is 71.7 cm³/mol. The van der Waals surface area contributed by atoms with E-state index in [1.54, 1.807) is 0 Å². The maximum Gasteiger partial charge on any atom is 0.0863 e. The second-order valence-corrected chi connectivity index (χ2v) is 5.00. The molecule has 0 aromatic carbocycles. The zero-order valence-corrected chi connectivity index (χ0v) is 11.8. The normalized spacial score (nSPS) is 21.4. The van der Waals surface area contributed by atoms with Crippen molar-refractivity contribution >= 4 is 11.6 Å². The van der Waals surface area contributed by atoms with Crippen LogP contribution in [0.5, 0.6) is 0 Å². The molecule has 6 heteroatoms. The fourth-order valence-corrected chi connectivity index (χ4v) is 2.65.